The van der Waals surface area contributed by atoms with Crippen LogP contribution in [0.4, 0.5) is 5.95 Å². The number of carbonyl (C=O) groups excluding carboxylic acids is 1. The minimum Gasteiger partial charge on any atom is -0.368 e. The maximum atomic E-state index is 12.6. The fourth-order valence-corrected chi connectivity index (χ4v) is 3.12. The number of rotatable bonds is 7. The molecule has 1 amide bonds. The van der Waals surface area contributed by atoms with E-state index in [2.05, 4.69) is 22.1 Å². The number of nitrogens with two attached hydrogens (primary N) is 1. The van der Waals surface area contributed by atoms with Crippen molar-refractivity contribution in [2.45, 2.75) is 36.8 Å². The average Bonchev–Trinajstić information content (AvgIpc) is 2.86. The zero-order chi connectivity index (χ0) is 16.8. The molecule has 23 heavy (non-hydrogen) atoms. The summed E-state index contributed by atoms with van der Waals surface area (Å²) in [6.07, 6.45) is 1.72. The third kappa shape index (κ3) is 4.35. The number of carbonyl (C=O) groups is 1. The lowest BCUT2D eigenvalue weighted by atomic mass is 10.1. The Bertz CT molecular complexity index is 668. The van der Waals surface area contributed by atoms with Crippen LogP contribution in [-0.2, 0) is 11.3 Å². The minimum absolute atomic E-state index is 0.0606. The van der Waals surface area contributed by atoms with E-state index in [1.165, 1.54) is 11.8 Å². The van der Waals surface area contributed by atoms with Gasteiger partial charge in [-0.2, -0.15) is 0 Å². The molecule has 1 atom stereocenters. The molecule has 122 valence electrons. The van der Waals surface area contributed by atoms with E-state index >= 15 is 0 Å². The third-order valence-electron chi connectivity index (χ3n) is 3.05. The van der Waals surface area contributed by atoms with Crippen molar-refractivity contribution < 1.29 is 4.79 Å². The molecule has 0 radical (unpaired) electrons. The summed E-state index contributed by atoms with van der Waals surface area (Å²) >= 11 is 1.33. The van der Waals surface area contributed by atoms with Crippen molar-refractivity contribution in [3.63, 3.8) is 0 Å². The Morgan fingerprint density at radius 2 is 2.09 bits per heavy atom. The molecule has 0 aliphatic rings. The van der Waals surface area contributed by atoms with E-state index in [0.29, 0.717) is 17.6 Å². The van der Waals surface area contributed by atoms with Gasteiger partial charge in [0.25, 0.3) is 0 Å². The van der Waals surface area contributed by atoms with E-state index < -0.39 is 5.25 Å². The molecule has 0 fully saturated rings. The molecule has 7 heteroatoms. The summed E-state index contributed by atoms with van der Waals surface area (Å²) < 4.78 is 1.73. The quantitative estimate of drug-likeness (QED) is 0.601. The number of hydrogen-bond donors (Lipinski definition) is 2. The number of nitrogen functional groups attached to an aromatic ring is 1. The zero-order valence-corrected chi connectivity index (χ0v) is 14.1. The fraction of sp³-hybridized carbons (Fsp3) is 0.312. The number of thioether (sulfide) groups is 1. The largest absolute Gasteiger partial charge is 0.368 e. The van der Waals surface area contributed by atoms with E-state index in [0.717, 1.165) is 5.56 Å². The molecule has 0 unspecified atom stereocenters. The van der Waals surface area contributed by atoms with Gasteiger partial charge in [-0.15, -0.1) is 16.8 Å². The molecule has 2 aromatic rings. The summed E-state index contributed by atoms with van der Waals surface area (Å²) in [4.78, 5) is 12.6. The van der Waals surface area contributed by atoms with Gasteiger partial charge < -0.3 is 11.1 Å². The van der Waals surface area contributed by atoms with Crippen LogP contribution < -0.4 is 11.1 Å². The predicted molar refractivity (Wildman–Crippen MR) is 93.0 cm³/mol. The highest BCUT2D eigenvalue weighted by Crippen LogP contribution is 2.35. The standard InChI is InChI=1S/C16H21N5OS/c1-4-10-21-15(17)19-20-16(21)23-13(14(22)18-11(2)3)12-8-6-5-7-9-12/h4-9,11,13H,1,10H2,2-3H3,(H2,17,19)(H,18,22)/t13-/m0/s1. The predicted octanol–water partition coefficient (Wildman–Crippen LogP) is 2.40. The highest BCUT2D eigenvalue weighted by molar-refractivity contribution is 8.00. The average molecular weight is 331 g/mol. The first kappa shape index (κ1) is 17.1. The van der Waals surface area contributed by atoms with E-state index in [-0.39, 0.29) is 11.9 Å². The molecule has 3 N–H and O–H groups in total. The van der Waals surface area contributed by atoms with E-state index in [1.54, 1.807) is 10.6 Å². The highest BCUT2D eigenvalue weighted by Gasteiger charge is 2.25. The first-order valence-electron chi connectivity index (χ1n) is 7.34. The number of allylic oxidation sites excluding steroid dienone is 1. The van der Waals surface area contributed by atoms with Crippen LogP contribution in [0.5, 0.6) is 0 Å². The van der Waals surface area contributed by atoms with Gasteiger partial charge in [0.05, 0.1) is 0 Å². The van der Waals surface area contributed by atoms with E-state index in [9.17, 15) is 4.79 Å². The first-order chi connectivity index (χ1) is 11.0. The van der Waals surface area contributed by atoms with Crippen LogP contribution in [-0.4, -0.2) is 26.7 Å². The fourth-order valence-electron chi connectivity index (χ4n) is 2.05. The number of aromatic nitrogens is 3. The highest BCUT2D eigenvalue weighted by atomic mass is 32.2. The van der Waals surface area contributed by atoms with Crippen molar-refractivity contribution in [3.8, 4) is 0 Å². The topological polar surface area (TPSA) is 85.8 Å². The van der Waals surface area contributed by atoms with Crippen molar-refractivity contribution in [1.29, 1.82) is 0 Å². The van der Waals surface area contributed by atoms with Crippen molar-refractivity contribution in [2.75, 3.05) is 5.73 Å². The van der Waals surface area contributed by atoms with Gasteiger partial charge in [-0.3, -0.25) is 9.36 Å². The Balaban J connectivity index is 2.31. The Labute approximate surface area is 140 Å². The van der Waals surface area contributed by atoms with Gasteiger partial charge in [-0.1, -0.05) is 48.2 Å². The summed E-state index contributed by atoms with van der Waals surface area (Å²) in [7, 11) is 0. The second kappa shape index (κ2) is 7.82. The van der Waals surface area contributed by atoms with Crippen LogP contribution in [0, 0.1) is 0 Å². The number of anilines is 1. The number of amides is 1. The number of nitrogens with one attached hydrogen (secondary N) is 1. The third-order valence-corrected chi connectivity index (χ3v) is 4.29. The Kier molecular flexibility index (Phi) is 5.81. The molecule has 0 saturated carbocycles. The normalized spacial score (nSPS) is 12.1. The summed E-state index contributed by atoms with van der Waals surface area (Å²) in [6.45, 7) is 8.07. The molecular weight excluding hydrogens is 310 g/mol. The van der Waals surface area contributed by atoms with Gasteiger partial charge in [0, 0.05) is 12.6 Å². The van der Waals surface area contributed by atoms with Crippen molar-refractivity contribution in [1.82, 2.24) is 20.1 Å². The van der Waals surface area contributed by atoms with Gasteiger partial charge in [-0.05, 0) is 19.4 Å². The lowest BCUT2D eigenvalue weighted by Gasteiger charge is -2.18. The van der Waals surface area contributed by atoms with E-state index in [4.69, 9.17) is 5.73 Å². The summed E-state index contributed by atoms with van der Waals surface area (Å²) in [6, 6.07) is 9.65. The SMILES string of the molecule is C=CCn1c(N)nnc1S[C@H](C(=O)NC(C)C)c1ccccc1. The van der Waals surface area contributed by atoms with Crippen LogP contribution in [0.2, 0.25) is 0 Å². The molecular formula is C16H21N5OS. The molecule has 0 aliphatic heterocycles. The molecule has 6 nitrogen and oxygen atoms in total. The van der Waals surface area contributed by atoms with Crippen molar-refractivity contribution >= 4 is 23.6 Å². The smallest absolute Gasteiger partial charge is 0.238 e. The maximum Gasteiger partial charge on any atom is 0.238 e. The van der Waals surface area contributed by atoms with Gasteiger partial charge >= 0.3 is 0 Å². The lowest BCUT2D eigenvalue weighted by Crippen LogP contribution is -2.33. The summed E-state index contributed by atoms with van der Waals surface area (Å²) in [5, 5.41) is 11.1. The van der Waals surface area contributed by atoms with Gasteiger partial charge in [0.2, 0.25) is 11.9 Å². The Morgan fingerprint density at radius 1 is 1.39 bits per heavy atom. The van der Waals surface area contributed by atoms with Gasteiger partial charge in [0.1, 0.15) is 5.25 Å². The number of benzene rings is 1. The van der Waals surface area contributed by atoms with Crippen LogP contribution >= 0.6 is 11.8 Å². The van der Waals surface area contributed by atoms with Crippen LogP contribution in [0.1, 0.15) is 24.7 Å². The summed E-state index contributed by atoms with van der Waals surface area (Å²) in [5.41, 5.74) is 6.73. The van der Waals surface area contributed by atoms with Gasteiger partial charge in [-0.25, -0.2) is 0 Å². The molecule has 0 saturated heterocycles. The molecule has 0 spiro atoms. The van der Waals surface area contributed by atoms with Crippen LogP contribution in [0.15, 0.2) is 48.1 Å². The summed E-state index contributed by atoms with van der Waals surface area (Å²) in [5.74, 6) is 0.242. The van der Waals surface area contributed by atoms with Gasteiger partial charge in [0.15, 0.2) is 5.16 Å². The zero-order valence-electron chi connectivity index (χ0n) is 13.3. The van der Waals surface area contributed by atoms with E-state index in [1.807, 2.05) is 44.2 Å². The lowest BCUT2D eigenvalue weighted by molar-refractivity contribution is -0.121. The molecule has 2 rings (SSSR count). The molecule has 1 aromatic carbocycles. The second-order valence-electron chi connectivity index (χ2n) is 5.31. The van der Waals surface area contributed by atoms with Crippen LogP contribution in [0.3, 0.4) is 0 Å². The number of hydrogen-bond acceptors (Lipinski definition) is 5. The minimum atomic E-state index is -0.425. The molecule has 0 aliphatic carbocycles. The second-order valence-corrected chi connectivity index (χ2v) is 6.38. The Hall–Kier alpha value is -2.28. The Morgan fingerprint density at radius 3 is 2.70 bits per heavy atom. The molecule has 1 aromatic heterocycles. The van der Waals surface area contributed by atoms with Crippen molar-refractivity contribution in [2.24, 2.45) is 0 Å². The molecule has 1 heterocycles. The maximum absolute atomic E-state index is 12.6. The molecule has 0 bridgehead atoms. The van der Waals surface area contributed by atoms with Crippen molar-refractivity contribution in [3.05, 3.63) is 48.6 Å². The first-order valence-corrected chi connectivity index (χ1v) is 8.22. The van der Waals surface area contributed by atoms with Crippen LogP contribution in [0.25, 0.3) is 0 Å². The monoisotopic (exact) mass is 331 g/mol. The number of nitrogens with zero attached hydrogens (tertiary/aromatic N) is 3.